The Kier molecular flexibility index (Phi) is 7.01. The quantitative estimate of drug-likeness (QED) is 0.564. The van der Waals surface area contributed by atoms with Crippen LogP contribution in [0, 0.1) is 0 Å². The molecule has 0 saturated heterocycles. The minimum absolute atomic E-state index is 0.0285. The summed E-state index contributed by atoms with van der Waals surface area (Å²) in [5.41, 5.74) is 2.02. The maximum Gasteiger partial charge on any atom is 0.240 e. The van der Waals surface area contributed by atoms with Crippen molar-refractivity contribution in [2.75, 3.05) is 6.54 Å². The van der Waals surface area contributed by atoms with E-state index in [-0.39, 0.29) is 10.8 Å². The molecule has 5 nitrogen and oxygen atoms in total. The summed E-state index contributed by atoms with van der Waals surface area (Å²) in [7, 11) is -3.46. The van der Waals surface area contributed by atoms with Crippen molar-refractivity contribution in [2.24, 2.45) is 0 Å². The number of rotatable bonds is 9. The number of carbonyl (C=O) groups is 1. The predicted molar refractivity (Wildman–Crippen MR) is 116 cm³/mol. The van der Waals surface area contributed by atoms with E-state index in [9.17, 15) is 13.2 Å². The molecule has 6 heteroatoms. The summed E-state index contributed by atoms with van der Waals surface area (Å²) in [6, 6.07) is 20.9. The first-order valence-corrected chi connectivity index (χ1v) is 11.3. The van der Waals surface area contributed by atoms with Gasteiger partial charge in [-0.3, -0.25) is 4.79 Å². The second kappa shape index (κ2) is 9.67. The zero-order valence-electron chi connectivity index (χ0n) is 16.5. The number of carbonyl (C=O) groups excluding carboxylic acids is 1. The Bertz CT molecular complexity index is 1070. The molecule has 0 radical (unpaired) electrons. The van der Waals surface area contributed by atoms with Gasteiger partial charge >= 0.3 is 0 Å². The van der Waals surface area contributed by atoms with E-state index in [1.165, 1.54) is 0 Å². The molecule has 0 saturated carbocycles. The Hall–Kier alpha value is -2.70. The van der Waals surface area contributed by atoms with E-state index < -0.39 is 10.0 Å². The molecule has 1 amide bonds. The van der Waals surface area contributed by atoms with Crippen LogP contribution in [0.1, 0.15) is 30.9 Å². The molecule has 3 rings (SSSR count). The average molecular weight is 411 g/mol. The van der Waals surface area contributed by atoms with E-state index in [1.54, 1.807) is 24.3 Å². The molecule has 152 valence electrons. The summed E-state index contributed by atoms with van der Waals surface area (Å²) in [4.78, 5) is 12.5. The third kappa shape index (κ3) is 5.65. The Labute approximate surface area is 172 Å². The van der Waals surface area contributed by atoms with Gasteiger partial charge in [-0.25, -0.2) is 13.1 Å². The van der Waals surface area contributed by atoms with Crippen molar-refractivity contribution in [3.8, 4) is 0 Å². The molecule has 0 fully saturated rings. The second-order valence-corrected chi connectivity index (χ2v) is 8.72. The molecule has 0 aliphatic heterocycles. The SMILES string of the molecule is CCCNS(=O)(=O)c1ccc(CCC(=O)NCc2cccc3ccccc23)cc1. The third-order valence-electron chi connectivity index (χ3n) is 4.77. The molecule has 0 aromatic heterocycles. The van der Waals surface area contributed by atoms with Crippen LogP contribution in [0.2, 0.25) is 0 Å². The summed E-state index contributed by atoms with van der Waals surface area (Å²) >= 11 is 0. The average Bonchev–Trinajstić information content (AvgIpc) is 2.75. The molecule has 29 heavy (non-hydrogen) atoms. The summed E-state index contributed by atoms with van der Waals surface area (Å²) in [5, 5.41) is 5.27. The lowest BCUT2D eigenvalue weighted by Crippen LogP contribution is -2.24. The van der Waals surface area contributed by atoms with Gasteiger partial charge in [0.2, 0.25) is 15.9 Å². The van der Waals surface area contributed by atoms with Crippen molar-refractivity contribution in [3.05, 3.63) is 77.9 Å². The number of nitrogens with one attached hydrogen (secondary N) is 2. The Morgan fingerprint density at radius 2 is 1.66 bits per heavy atom. The van der Waals surface area contributed by atoms with Crippen LogP contribution in [-0.4, -0.2) is 20.9 Å². The summed E-state index contributed by atoms with van der Waals surface area (Å²) in [6.45, 7) is 2.82. The molecule has 2 N–H and O–H groups in total. The largest absolute Gasteiger partial charge is 0.352 e. The molecular weight excluding hydrogens is 384 g/mol. The van der Waals surface area contributed by atoms with Gasteiger partial charge in [-0.05, 0) is 46.9 Å². The number of sulfonamides is 1. The van der Waals surface area contributed by atoms with Crippen LogP contribution in [0.4, 0.5) is 0 Å². The van der Waals surface area contributed by atoms with Gasteiger partial charge in [0.15, 0.2) is 0 Å². The van der Waals surface area contributed by atoms with Crippen LogP contribution in [0.3, 0.4) is 0 Å². The normalized spacial score (nSPS) is 11.5. The standard InChI is InChI=1S/C23H26N2O3S/c1-2-16-25-29(27,28)21-13-10-18(11-14-21)12-15-23(26)24-17-20-8-5-7-19-6-3-4-9-22(19)20/h3-11,13-14,25H,2,12,15-17H2,1H3,(H,24,26). The van der Waals surface area contributed by atoms with Crippen molar-refractivity contribution in [3.63, 3.8) is 0 Å². The highest BCUT2D eigenvalue weighted by molar-refractivity contribution is 7.89. The maximum absolute atomic E-state index is 12.3. The Morgan fingerprint density at radius 3 is 2.41 bits per heavy atom. The molecule has 3 aromatic rings. The lowest BCUT2D eigenvalue weighted by molar-refractivity contribution is -0.121. The van der Waals surface area contributed by atoms with Crippen molar-refractivity contribution in [1.29, 1.82) is 0 Å². The highest BCUT2D eigenvalue weighted by Crippen LogP contribution is 2.18. The number of benzene rings is 3. The topological polar surface area (TPSA) is 75.3 Å². The van der Waals surface area contributed by atoms with Gasteiger partial charge in [-0.15, -0.1) is 0 Å². The van der Waals surface area contributed by atoms with Crippen LogP contribution in [0.5, 0.6) is 0 Å². The van der Waals surface area contributed by atoms with Crippen LogP contribution >= 0.6 is 0 Å². The van der Waals surface area contributed by atoms with E-state index >= 15 is 0 Å². The molecule has 0 bridgehead atoms. The van der Waals surface area contributed by atoms with Crippen LogP contribution in [0.15, 0.2) is 71.6 Å². The fourth-order valence-electron chi connectivity index (χ4n) is 3.14. The maximum atomic E-state index is 12.3. The molecule has 0 aliphatic rings. The van der Waals surface area contributed by atoms with Gasteiger partial charge in [-0.2, -0.15) is 0 Å². The van der Waals surface area contributed by atoms with Crippen LogP contribution < -0.4 is 10.0 Å². The summed E-state index contributed by atoms with van der Waals surface area (Å²) < 4.78 is 26.8. The Balaban J connectivity index is 1.53. The lowest BCUT2D eigenvalue weighted by atomic mass is 10.0. The smallest absolute Gasteiger partial charge is 0.240 e. The third-order valence-corrected chi connectivity index (χ3v) is 6.25. The van der Waals surface area contributed by atoms with Crippen molar-refractivity contribution < 1.29 is 13.2 Å². The number of hydrogen-bond donors (Lipinski definition) is 2. The fourth-order valence-corrected chi connectivity index (χ4v) is 4.28. The van der Waals surface area contributed by atoms with Gasteiger partial charge in [0.25, 0.3) is 0 Å². The van der Waals surface area contributed by atoms with E-state index in [0.717, 1.165) is 28.3 Å². The van der Waals surface area contributed by atoms with Crippen LogP contribution in [-0.2, 0) is 27.8 Å². The zero-order chi connectivity index (χ0) is 20.7. The predicted octanol–water partition coefficient (Wildman–Crippen LogP) is 3.78. The number of aryl methyl sites for hydroxylation is 1. The first-order chi connectivity index (χ1) is 14.0. The van der Waals surface area contributed by atoms with Crippen molar-refractivity contribution in [2.45, 2.75) is 37.6 Å². The van der Waals surface area contributed by atoms with Crippen molar-refractivity contribution >= 4 is 26.7 Å². The van der Waals surface area contributed by atoms with E-state index in [4.69, 9.17) is 0 Å². The number of amides is 1. The molecule has 3 aromatic carbocycles. The molecule has 0 atom stereocenters. The molecule has 0 aliphatic carbocycles. The lowest BCUT2D eigenvalue weighted by Gasteiger charge is -2.09. The summed E-state index contributed by atoms with van der Waals surface area (Å²) in [5.74, 6) is -0.0285. The van der Waals surface area contributed by atoms with Gasteiger partial charge in [-0.1, -0.05) is 61.5 Å². The molecule has 0 unspecified atom stereocenters. The van der Waals surface area contributed by atoms with E-state index in [1.807, 2.05) is 31.2 Å². The minimum atomic E-state index is -3.46. The highest BCUT2D eigenvalue weighted by atomic mass is 32.2. The minimum Gasteiger partial charge on any atom is -0.352 e. The van der Waals surface area contributed by atoms with Gasteiger partial charge < -0.3 is 5.32 Å². The zero-order valence-corrected chi connectivity index (χ0v) is 17.3. The second-order valence-electron chi connectivity index (χ2n) is 6.96. The van der Waals surface area contributed by atoms with Crippen LogP contribution in [0.25, 0.3) is 10.8 Å². The number of hydrogen-bond acceptors (Lipinski definition) is 3. The molecule has 0 heterocycles. The molecule has 0 spiro atoms. The molecular formula is C23H26N2O3S. The van der Waals surface area contributed by atoms with Gasteiger partial charge in [0, 0.05) is 19.5 Å². The first kappa shape index (κ1) is 21.0. The van der Waals surface area contributed by atoms with Crippen molar-refractivity contribution in [1.82, 2.24) is 10.0 Å². The van der Waals surface area contributed by atoms with Gasteiger partial charge in [0.1, 0.15) is 0 Å². The van der Waals surface area contributed by atoms with Gasteiger partial charge in [0.05, 0.1) is 4.90 Å². The fraction of sp³-hybridized carbons (Fsp3) is 0.261. The monoisotopic (exact) mass is 410 g/mol. The Morgan fingerprint density at radius 1 is 0.931 bits per heavy atom. The highest BCUT2D eigenvalue weighted by Gasteiger charge is 2.12. The first-order valence-electron chi connectivity index (χ1n) is 9.81. The number of fused-ring (bicyclic) bond motifs is 1. The summed E-state index contributed by atoms with van der Waals surface area (Å²) in [6.07, 6.45) is 1.65. The van der Waals surface area contributed by atoms with E-state index in [2.05, 4.69) is 28.2 Å². The van der Waals surface area contributed by atoms with E-state index in [0.29, 0.717) is 25.9 Å².